The van der Waals surface area contributed by atoms with Crippen LogP contribution in [0.3, 0.4) is 0 Å². The number of fused-ring (bicyclic) bond motifs is 2. The quantitative estimate of drug-likeness (QED) is 0.274. The van der Waals surface area contributed by atoms with Gasteiger partial charge in [-0.15, -0.1) is 13.2 Å². The molecule has 5 rings (SSSR count). The van der Waals surface area contributed by atoms with Crippen LogP contribution >= 0.6 is 0 Å². The minimum Gasteiger partial charge on any atom is -0.479 e. The third-order valence-electron chi connectivity index (χ3n) is 7.02. The maximum absolute atomic E-state index is 13.9. The summed E-state index contributed by atoms with van der Waals surface area (Å²) in [6, 6.07) is 18.6. The summed E-state index contributed by atoms with van der Waals surface area (Å²) in [6.45, 7) is 3.18. The molecule has 6 nitrogen and oxygen atoms in total. The number of allylic oxidation sites excluding steroid dienone is 1. The lowest BCUT2D eigenvalue weighted by Gasteiger charge is -2.20. The normalized spacial score (nSPS) is 15.5. The molecule has 3 aromatic carbocycles. The van der Waals surface area contributed by atoms with Gasteiger partial charge in [0, 0.05) is 11.1 Å². The van der Waals surface area contributed by atoms with E-state index in [9.17, 15) is 22.8 Å². The van der Waals surface area contributed by atoms with E-state index < -0.39 is 24.4 Å². The zero-order valence-corrected chi connectivity index (χ0v) is 21.7. The summed E-state index contributed by atoms with van der Waals surface area (Å²) in [5, 5.41) is 9.63. The number of carboxylic acid groups (broad SMARTS) is 1. The van der Waals surface area contributed by atoms with Gasteiger partial charge >= 0.3 is 12.3 Å². The molecule has 1 aliphatic carbocycles. The van der Waals surface area contributed by atoms with Crippen molar-refractivity contribution in [2.24, 2.45) is 5.92 Å². The zero-order chi connectivity index (χ0) is 28.6. The molecule has 1 unspecified atom stereocenters. The maximum atomic E-state index is 13.9. The van der Waals surface area contributed by atoms with Gasteiger partial charge < -0.3 is 14.6 Å². The summed E-state index contributed by atoms with van der Waals surface area (Å²) in [4.78, 5) is 25.1. The van der Waals surface area contributed by atoms with Gasteiger partial charge in [-0.05, 0) is 79.3 Å². The number of hydrogen-bond donors (Lipinski definition) is 1. The van der Waals surface area contributed by atoms with Crippen molar-refractivity contribution in [1.82, 2.24) is 4.57 Å². The fraction of sp³-hybridized carbons (Fsp3) is 0.226. The minimum absolute atomic E-state index is 0.184. The number of hydrogen-bond acceptors (Lipinski definition) is 4. The second kappa shape index (κ2) is 10.6. The van der Waals surface area contributed by atoms with Gasteiger partial charge in [0.05, 0.1) is 11.4 Å². The molecular weight excluding hydrogens is 523 g/mol. The summed E-state index contributed by atoms with van der Waals surface area (Å²) in [7, 11) is 0. The van der Waals surface area contributed by atoms with E-state index in [1.807, 2.05) is 36.4 Å². The number of halogens is 3. The molecule has 0 spiro atoms. The topological polar surface area (TPSA) is 77.8 Å². The van der Waals surface area contributed by atoms with E-state index in [4.69, 9.17) is 9.84 Å². The van der Waals surface area contributed by atoms with Crippen LogP contribution in [0.15, 0.2) is 72.8 Å². The molecule has 40 heavy (non-hydrogen) atoms. The zero-order valence-electron chi connectivity index (χ0n) is 21.7. The Bertz CT molecular complexity index is 1640. The molecule has 0 saturated carbocycles. The van der Waals surface area contributed by atoms with E-state index in [0.717, 1.165) is 16.7 Å². The predicted octanol–water partition coefficient (Wildman–Crippen LogP) is 6.82. The molecule has 0 fully saturated rings. The lowest BCUT2D eigenvalue weighted by Crippen LogP contribution is -2.24. The van der Waals surface area contributed by atoms with Gasteiger partial charge in [-0.1, -0.05) is 48.6 Å². The van der Waals surface area contributed by atoms with Gasteiger partial charge in [0.15, 0.2) is 6.10 Å². The standard InChI is InChI=1S/C31H26F3NO5/c1-18-26(15-20-6-5-9-24(14-20)39-19(2)30(37)38)27-17-25(40-31(32,33)34)12-13-28(27)35(18)29(36)23-11-10-21-7-3-4-8-22(21)16-23/h3-14,17,19,23H,15-16H2,1-2H3,(H,37,38)/t19-,23?/m0/s1. The number of aliphatic carboxylic acids is 1. The fourth-order valence-electron chi connectivity index (χ4n) is 5.10. The van der Waals surface area contributed by atoms with E-state index in [0.29, 0.717) is 34.3 Å². The summed E-state index contributed by atoms with van der Waals surface area (Å²) >= 11 is 0. The van der Waals surface area contributed by atoms with Crippen LogP contribution in [0.1, 0.15) is 39.7 Å². The van der Waals surface area contributed by atoms with E-state index in [2.05, 4.69) is 4.74 Å². The van der Waals surface area contributed by atoms with Crippen LogP contribution < -0.4 is 9.47 Å². The molecule has 4 aromatic rings. The van der Waals surface area contributed by atoms with Crippen molar-refractivity contribution in [3.8, 4) is 11.5 Å². The van der Waals surface area contributed by atoms with Crippen LogP contribution in [-0.4, -0.2) is 34.0 Å². The average molecular weight is 550 g/mol. The number of aromatic nitrogens is 1. The average Bonchev–Trinajstić information content (AvgIpc) is 3.17. The smallest absolute Gasteiger partial charge is 0.479 e. The van der Waals surface area contributed by atoms with Gasteiger partial charge in [0.2, 0.25) is 5.91 Å². The Kier molecular flexibility index (Phi) is 7.14. The Morgan fingerprint density at radius 2 is 1.82 bits per heavy atom. The number of benzene rings is 3. The number of rotatable bonds is 7. The number of carboxylic acids is 1. The van der Waals surface area contributed by atoms with Crippen LogP contribution in [0, 0.1) is 12.8 Å². The molecule has 1 aliphatic rings. The number of ether oxygens (including phenoxy) is 2. The van der Waals surface area contributed by atoms with Gasteiger partial charge in [-0.25, -0.2) is 4.79 Å². The second-order valence-corrected chi connectivity index (χ2v) is 9.76. The van der Waals surface area contributed by atoms with Crippen LogP contribution in [0.4, 0.5) is 13.2 Å². The largest absolute Gasteiger partial charge is 0.573 e. The molecule has 0 aliphatic heterocycles. The van der Waals surface area contributed by atoms with Crippen molar-refractivity contribution in [3.63, 3.8) is 0 Å². The van der Waals surface area contributed by atoms with E-state index in [1.54, 1.807) is 35.8 Å². The Labute approximate surface area is 228 Å². The monoisotopic (exact) mass is 549 g/mol. The molecular formula is C31H26F3NO5. The van der Waals surface area contributed by atoms with Gasteiger partial charge in [-0.2, -0.15) is 0 Å². The first kappa shape index (κ1) is 27.1. The molecule has 0 saturated heterocycles. The second-order valence-electron chi connectivity index (χ2n) is 9.76. The lowest BCUT2D eigenvalue weighted by atomic mass is 9.89. The molecule has 0 bridgehead atoms. The Balaban J connectivity index is 1.56. The maximum Gasteiger partial charge on any atom is 0.573 e. The number of nitrogens with zero attached hydrogens (tertiary/aromatic N) is 1. The Hall–Kier alpha value is -4.53. The van der Waals surface area contributed by atoms with Crippen molar-refractivity contribution in [2.45, 2.75) is 39.2 Å². The number of alkyl halides is 3. The number of carbonyl (C=O) groups is 2. The highest BCUT2D eigenvalue weighted by atomic mass is 19.4. The molecule has 1 N–H and O–H groups in total. The van der Waals surface area contributed by atoms with E-state index in [-0.39, 0.29) is 18.1 Å². The first-order valence-electron chi connectivity index (χ1n) is 12.7. The van der Waals surface area contributed by atoms with Crippen LogP contribution in [0.25, 0.3) is 17.0 Å². The molecule has 206 valence electrons. The molecule has 1 aromatic heterocycles. The van der Waals surface area contributed by atoms with E-state index >= 15 is 0 Å². The van der Waals surface area contributed by atoms with E-state index in [1.165, 1.54) is 25.1 Å². The minimum atomic E-state index is -4.87. The van der Waals surface area contributed by atoms with Crippen LogP contribution in [0.2, 0.25) is 0 Å². The van der Waals surface area contributed by atoms with Crippen molar-refractivity contribution < 1.29 is 37.3 Å². The highest BCUT2D eigenvalue weighted by Crippen LogP contribution is 2.35. The number of carbonyl (C=O) groups excluding carboxylic acids is 1. The van der Waals surface area contributed by atoms with Crippen LogP contribution in [0.5, 0.6) is 11.5 Å². The predicted molar refractivity (Wildman–Crippen MR) is 144 cm³/mol. The summed E-state index contributed by atoms with van der Waals surface area (Å²) in [5.41, 5.74) is 4.56. The summed E-state index contributed by atoms with van der Waals surface area (Å²) in [5.74, 6) is -1.78. The van der Waals surface area contributed by atoms with Crippen molar-refractivity contribution in [2.75, 3.05) is 0 Å². The highest BCUT2D eigenvalue weighted by Gasteiger charge is 2.32. The third kappa shape index (κ3) is 5.59. The van der Waals surface area contributed by atoms with Gasteiger partial charge in [0.25, 0.3) is 0 Å². The molecule has 0 radical (unpaired) electrons. The molecule has 9 heteroatoms. The molecule has 1 heterocycles. The fourth-order valence-corrected chi connectivity index (χ4v) is 5.10. The SMILES string of the molecule is Cc1c(Cc2cccc(O[C@@H](C)C(=O)O)c2)c2cc(OC(F)(F)F)ccc2n1C(=O)C1C=Cc2ccccc2C1. The lowest BCUT2D eigenvalue weighted by molar-refractivity contribution is -0.274. The Morgan fingerprint density at radius 3 is 2.58 bits per heavy atom. The van der Waals surface area contributed by atoms with Crippen molar-refractivity contribution >= 4 is 28.9 Å². The summed E-state index contributed by atoms with van der Waals surface area (Å²) < 4.78 is 50.3. The summed E-state index contributed by atoms with van der Waals surface area (Å²) in [6.07, 6.45) is -1.37. The molecule has 2 atom stereocenters. The Morgan fingerprint density at radius 1 is 1.05 bits per heavy atom. The van der Waals surface area contributed by atoms with Crippen molar-refractivity contribution in [3.05, 3.63) is 101 Å². The van der Waals surface area contributed by atoms with Crippen molar-refractivity contribution in [1.29, 1.82) is 0 Å². The van der Waals surface area contributed by atoms with Gasteiger partial charge in [0.1, 0.15) is 11.5 Å². The molecule has 0 amide bonds. The third-order valence-corrected chi connectivity index (χ3v) is 7.02. The highest BCUT2D eigenvalue weighted by molar-refractivity contribution is 5.98. The first-order valence-corrected chi connectivity index (χ1v) is 12.7. The first-order chi connectivity index (χ1) is 19.0. The van der Waals surface area contributed by atoms with Gasteiger partial charge in [-0.3, -0.25) is 9.36 Å². The van der Waals surface area contributed by atoms with Crippen LogP contribution in [-0.2, 0) is 17.6 Å².